The highest BCUT2D eigenvalue weighted by molar-refractivity contribution is 4.96. The van der Waals surface area contributed by atoms with E-state index in [1.54, 1.807) is 0 Å². The van der Waals surface area contributed by atoms with Crippen molar-refractivity contribution in [2.24, 2.45) is 5.73 Å². The summed E-state index contributed by atoms with van der Waals surface area (Å²) in [6.45, 7) is 13.5. The molecule has 0 radical (unpaired) electrons. The van der Waals surface area contributed by atoms with Crippen LogP contribution >= 0.6 is 0 Å². The van der Waals surface area contributed by atoms with Crippen LogP contribution in [0.15, 0.2) is 0 Å². The van der Waals surface area contributed by atoms with Gasteiger partial charge in [0.25, 0.3) is 0 Å². The van der Waals surface area contributed by atoms with E-state index in [0.29, 0.717) is 0 Å². The molecule has 1 saturated heterocycles. The summed E-state index contributed by atoms with van der Waals surface area (Å²) in [7, 11) is 2.24. The van der Waals surface area contributed by atoms with Crippen molar-refractivity contribution in [1.29, 1.82) is 0 Å². The molecule has 0 aliphatic carbocycles. The highest BCUT2D eigenvalue weighted by atomic mass is 15.3. The molecule has 1 rings (SSSR count). The molecule has 1 fully saturated rings. The zero-order chi connectivity index (χ0) is 15.2. The minimum atomic E-state index is 0.185. The zero-order valence-corrected chi connectivity index (χ0v) is 14.5. The molecule has 0 amide bonds. The van der Waals surface area contributed by atoms with E-state index in [-0.39, 0.29) is 11.1 Å². The van der Waals surface area contributed by atoms with Gasteiger partial charge in [0.15, 0.2) is 0 Å². The van der Waals surface area contributed by atoms with E-state index in [9.17, 15) is 0 Å². The molecule has 0 aromatic carbocycles. The second kappa shape index (κ2) is 7.77. The Morgan fingerprint density at radius 3 is 2.30 bits per heavy atom. The first-order valence-electron chi connectivity index (χ1n) is 8.52. The summed E-state index contributed by atoms with van der Waals surface area (Å²) < 4.78 is 0. The molecule has 3 nitrogen and oxygen atoms in total. The van der Waals surface area contributed by atoms with Gasteiger partial charge >= 0.3 is 0 Å². The van der Waals surface area contributed by atoms with Gasteiger partial charge in [0.05, 0.1) is 0 Å². The average molecular weight is 284 g/mol. The van der Waals surface area contributed by atoms with Gasteiger partial charge in [-0.3, -0.25) is 9.80 Å². The molecule has 3 heteroatoms. The monoisotopic (exact) mass is 283 g/mol. The zero-order valence-electron chi connectivity index (χ0n) is 14.5. The van der Waals surface area contributed by atoms with Gasteiger partial charge in [-0.05, 0) is 34.2 Å². The van der Waals surface area contributed by atoms with E-state index < -0.39 is 0 Å². The summed E-state index contributed by atoms with van der Waals surface area (Å²) in [4.78, 5) is 5.12. The molecule has 0 aromatic heterocycles. The van der Waals surface area contributed by atoms with E-state index in [0.717, 1.165) is 26.2 Å². The van der Waals surface area contributed by atoms with Crippen molar-refractivity contribution in [2.45, 2.75) is 77.3 Å². The summed E-state index contributed by atoms with van der Waals surface area (Å²) in [6, 6.07) is 0. The SMILES string of the molecule is CCCCCCCC(C)(CN)N1CCN(C)C(C)(C)C1. The van der Waals surface area contributed by atoms with Gasteiger partial charge in [-0.1, -0.05) is 39.0 Å². The second-order valence-corrected chi connectivity index (χ2v) is 7.52. The highest BCUT2D eigenvalue weighted by Crippen LogP contribution is 2.28. The molecular formula is C17H37N3. The minimum Gasteiger partial charge on any atom is -0.329 e. The maximum Gasteiger partial charge on any atom is 0.0304 e. The number of likely N-dealkylation sites (N-methyl/N-ethyl adjacent to an activating group) is 1. The van der Waals surface area contributed by atoms with E-state index in [1.165, 1.54) is 38.5 Å². The number of piperazine rings is 1. The molecule has 0 spiro atoms. The van der Waals surface area contributed by atoms with Crippen LogP contribution in [0.25, 0.3) is 0 Å². The van der Waals surface area contributed by atoms with Gasteiger partial charge in [0.2, 0.25) is 0 Å². The fourth-order valence-corrected chi connectivity index (χ4v) is 3.20. The normalized spacial score (nSPS) is 23.7. The minimum absolute atomic E-state index is 0.185. The van der Waals surface area contributed by atoms with Crippen LogP contribution < -0.4 is 5.73 Å². The molecule has 20 heavy (non-hydrogen) atoms. The van der Waals surface area contributed by atoms with Gasteiger partial charge in [0.1, 0.15) is 0 Å². The standard InChI is InChI=1S/C17H37N3/c1-6-7-8-9-10-11-17(4,14-18)20-13-12-19(5)16(2,3)15-20/h6-15,18H2,1-5H3. The molecule has 1 aliphatic heterocycles. The molecule has 1 aliphatic rings. The van der Waals surface area contributed by atoms with Gasteiger partial charge in [-0.15, -0.1) is 0 Å². The Labute approximate surface area is 126 Å². The molecular weight excluding hydrogens is 246 g/mol. The number of nitrogens with two attached hydrogens (primary N) is 1. The Morgan fingerprint density at radius 1 is 1.10 bits per heavy atom. The van der Waals surface area contributed by atoms with Crippen LogP contribution in [0, 0.1) is 0 Å². The summed E-state index contributed by atoms with van der Waals surface area (Å²) in [5.74, 6) is 0. The Bertz CT molecular complexity index is 277. The van der Waals surface area contributed by atoms with Crippen LogP contribution in [0.3, 0.4) is 0 Å². The maximum absolute atomic E-state index is 6.15. The first kappa shape index (κ1) is 17.9. The van der Waals surface area contributed by atoms with Gasteiger partial charge < -0.3 is 5.73 Å². The molecule has 120 valence electrons. The molecule has 0 aromatic rings. The predicted molar refractivity (Wildman–Crippen MR) is 89.1 cm³/mol. The third-order valence-electron chi connectivity index (χ3n) is 5.34. The number of hydrogen-bond donors (Lipinski definition) is 1. The summed E-state index contributed by atoms with van der Waals surface area (Å²) in [6.07, 6.45) is 8.00. The number of nitrogens with zero attached hydrogens (tertiary/aromatic N) is 2. The lowest BCUT2D eigenvalue weighted by Crippen LogP contribution is -2.64. The average Bonchev–Trinajstić information content (AvgIpc) is 2.41. The van der Waals surface area contributed by atoms with Gasteiger partial charge in [-0.25, -0.2) is 0 Å². The van der Waals surface area contributed by atoms with Crippen molar-refractivity contribution in [1.82, 2.24) is 9.80 Å². The van der Waals surface area contributed by atoms with Crippen LogP contribution in [0.2, 0.25) is 0 Å². The van der Waals surface area contributed by atoms with Crippen LogP contribution in [0.5, 0.6) is 0 Å². The first-order chi connectivity index (χ1) is 9.35. The molecule has 1 unspecified atom stereocenters. The topological polar surface area (TPSA) is 32.5 Å². The van der Waals surface area contributed by atoms with Gasteiger partial charge in [0, 0.05) is 37.3 Å². The second-order valence-electron chi connectivity index (χ2n) is 7.52. The summed E-state index contributed by atoms with van der Waals surface area (Å²) in [5.41, 5.74) is 6.59. The van der Waals surface area contributed by atoms with Crippen molar-refractivity contribution < 1.29 is 0 Å². The molecule has 1 heterocycles. The maximum atomic E-state index is 6.15. The molecule has 2 N–H and O–H groups in total. The van der Waals surface area contributed by atoms with Crippen LogP contribution in [-0.4, -0.2) is 54.1 Å². The first-order valence-corrected chi connectivity index (χ1v) is 8.52. The Hall–Kier alpha value is -0.120. The molecule has 0 bridgehead atoms. The smallest absolute Gasteiger partial charge is 0.0304 e. The third-order valence-corrected chi connectivity index (χ3v) is 5.34. The Morgan fingerprint density at radius 2 is 1.75 bits per heavy atom. The lowest BCUT2D eigenvalue weighted by molar-refractivity contribution is -0.0192. The summed E-state index contributed by atoms with van der Waals surface area (Å²) in [5, 5.41) is 0. The molecule has 0 saturated carbocycles. The summed E-state index contributed by atoms with van der Waals surface area (Å²) >= 11 is 0. The van der Waals surface area contributed by atoms with E-state index in [2.05, 4.69) is 44.5 Å². The largest absolute Gasteiger partial charge is 0.329 e. The number of rotatable bonds is 8. The number of hydrogen-bond acceptors (Lipinski definition) is 3. The highest BCUT2D eigenvalue weighted by Gasteiger charge is 2.38. The number of unbranched alkanes of at least 4 members (excludes halogenated alkanes) is 4. The molecule has 1 atom stereocenters. The van der Waals surface area contributed by atoms with Crippen LogP contribution in [0.1, 0.15) is 66.2 Å². The van der Waals surface area contributed by atoms with Crippen molar-refractivity contribution in [2.75, 3.05) is 33.2 Å². The van der Waals surface area contributed by atoms with E-state index in [4.69, 9.17) is 5.73 Å². The lowest BCUT2D eigenvalue weighted by Gasteiger charge is -2.52. The van der Waals surface area contributed by atoms with Crippen molar-refractivity contribution in [3.63, 3.8) is 0 Å². The fourth-order valence-electron chi connectivity index (χ4n) is 3.20. The quantitative estimate of drug-likeness (QED) is 0.695. The van der Waals surface area contributed by atoms with Crippen molar-refractivity contribution in [3.8, 4) is 0 Å². The Kier molecular flexibility index (Phi) is 6.96. The Balaban J connectivity index is 2.50. The third kappa shape index (κ3) is 4.71. The van der Waals surface area contributed by atoms with Crippen molar-refractivity contribution >= 4 is 0 Å². The fraction of sp³-hybridized carbons (Fsp3) is 1.00. The van der Waals surface area contributed by atoms with E-state index >= 15 is 0 Å². The van der Waals surface area contributed by atoms with Gasteiger partial charge in [-0.2, -0.15) is 0 Å². The van der Waals surface area contributed by atoms with E-state index in [1.807, 2.05) is 0 Å². The lowest BCUT2D eigenvalue weighted by atomic mass is 9.88. The van der Waals surface area contributed by atoms with Crippen molar-refractivity contribution in [3.05, 3.63) is 0 Å². The van der Waals surface area contributed by atoms with Crippen LogP contribution in [-0.2, 0) is 0 Å². The predicted octanol–water partition coefficient (Wildman–Crippen LogP) is 3.09. The van der Waals surface area contributed by atoms with Crippen LogP contribution in [0.4, 0.5) is 0 Å².